The van der Waals surface area contributed by atoms with E-state index in [4.69, 9.17) is 4.74 Å². The Kier molecular flexibility index (Phi) is 6.18. The van der Waals surface area contributed by atoms with Gasteiger partial charge in [-0.05, 0) is 50.8 Å². The molecule has 0 aliphatic heterocycles. The van der Waals surface area contributed by atoms with E-state index >= 15 is 0 Å². The van der Waals surface area contributed by atoms with E-state index in [9.17, 15) is 0 Å². The first kappa shape index (κ1) is 15.2. The summed E-state index contributed by atoms with van der Waals surface area (Å²) in [5.74, 6) is 0.519. The van der Waals surface area contributed by atoms with Crippen LogP contribution in [0.4, 0.5) is 0 Å². The molecule has 1 nitrogen and oxygen atoms in total. The summed E-state index contributed by atoms with van der Waals surface area (Å²) in [7, 11) is 0. The van der Waals surface area contributed by atoms with Crippen LogP contribution in [0.25, 0.3) is 0 Å². The van der Waals surface area contributed by atoms with E-state index in [-0.39, 0.29) is 5.60 Å². The minimum Gasteiger partial charge on any atom is -0.376 e. The summed E-state index contributed by atoms with van der Waals surface area (Å²) >= 11 is 7.04. The Bertz CT molecular complexity index is 327. The fourth-order valence-electron chi connectivity index (χ4n) is 1.58. The van der Waals surface area contributed by atoms with E-state index in [1.165, 1.54) is 5.56 Å². The molecule has 0 aliphatic carbocycles. The second kappa shape index (κ2) is 6.91. The fraction of sp³-hybridized carbons (Fsp3) is 0.571. The third kappa shape index (κ3) is 6.03. The first-order valence-electron chi connectivity index (χ1n) is 5.88. The third-order valence-corrected chi connectivity index (χ3v) is 3.84. The zero-order chi connectivity index (χ0) is 12.9. The van der Waals surface area contributed by atoms with Gasteiger partial charge in [0.15, 0.2) is 0 Å². The lowest BCUT2D eigenvalue weighted by Crippen LogP contribution is -2.20. The van der Waals surface area contributed by atoms with Crippen LogP contribution in [0.2, 0.25) is 0 Å². The number of benzene rings is 1. The molecule has 0 amide bonds. The second-order valence-electron chi connectivity index (χ2n) is 5.15. The highest BCUT2D eigenvalue weighted by Gasteiger charge is 2.14. The molecule has 96 valence electrons. The monoisotopic (exact) mass is 362 g/mol. The molecule has 17 heavy (non-hydrogen) atoms. The van der Waals surface area contributed by atoms with Gasteiger partial charge in [-0.15, -0.1) is 0 Å². The van der Waals surface area contributed by atoms with Gasteiger partial charge >= 0.3 is 0 Å². The largest absolute Gasteiger partial charge is 0.376 e. The molecular weight excluding hydrogens is 344 g/mol. The van der Waals surface area contributed by atoms with Crippen molar-refractivity contribution >= 4 is 31.9 Å². The lowest BCUT2D eigenvalue weighted by atomic mass is 9.98. The lowest BCUT2D eigenvalue weighted by Gasteiger charge is -2.22. The van der Waals surface area contributed by atoms with Crippen LogP contribution in [0.3, 0.4) is 0 Å². The lowest BCUT2D eigenvalue weighted by molar-refractivity contribution is -0.00559. The quantitative estimate of drug-likeness (QED) is 0.658. The van der Waals surface area contributed by atoms with Crippen molar-refractivity contribution in [3.63, 3.8) is 0 Å². The summed E-state index contributed by atoms with van der Waals surface area (Å²) in [5.41, 5.74) is 1.32. The molecule has 1 aromatic rings. The molecule has 1 unspecified atom stereocenters. The molecule has 0 heterocycles. The van der Waals surface area contributed by atoms with Crippen molar-refractivity contribution < 1.29 is 4.74 Å². The van der Waals surface area contributed by atoms with Crippen LogP contribution < -0.4 is 0 Å². The van der Waals surface area contributed by atoms with Gasteiger partial charge in [0.2, 0.25) is 0 Å². The van der Waals surface area contributed by atoms with Gasteiger partial charge in [-0.25, -0.2) is 0 Å². The number of hydrogen-bond donors (Lipinski definition) is 0. The highest BCUT2D eigenvalue weighted by molar-refractivity contribution is 9.10. The van der Waals surface area contributed by atoms with Crippen molar-refractivity contribution in [3.05, 3.63) is 34.3 Å². The molecule has 0 aliphatic rings. The van der Waals surface area contributed by atoms with Crippen molar-refractivity contribution in [1.82, 2.24) is 0 Å². The van der Waals surface area contributed by atoms with Crippen LogP contribution in [0.15, 0.2) is 28.7 Å². The van der Waals surface area contributed by atoms with Crippen molar-refractivity contribution in [2.75, 3.05) is 11.9 Å². The fourth-order valence-corrected chi connectivity index (χ4v) is 2.54. The molecule has 0 bridgehead atoms. The van der Waals surface area contributed by atoms with Crippen molar-refractivity contribution in [2.24, 2.45) is 0 Å². The van der Waals surface area contributed by atoms with Crippen LogP contribution in [-0.4, -0.2) is 17.5 Å². The van der Waals surface area contributed by atoms with E-state index in [0.717, 1.165) is 22.8 Å². The number of rotatable bonds is 5. The summed E-state index contributed by atoms with van der Waals surface area (Å²) in [4.78, 5) is 0. The van der Waals surface area contributed by atoms with Crippen LogP contribution in [0.1, 0.15) is 38.7 Å². The molecule has 0 fully saturated rings. The van der Waals surface area contributed by atoms with E-state index in [1.54, 1.807) is 0 Å². The molecule has 0 aromatic heterocycles. The van der Waals surface area contributed by atoms with E-state index in [1.807, 2.05) is 0 Å². The highest BCUT2D eigenvalue weighted by atomic mass is 79.9. The van der Waals surface area contributed by atoms with Crippen molar-refractivity contribution in [1.29, 1.82) is 0 Å². The molecule has 0 radical (unpaired) electrons. The maximum atomic E-state index is 5.78. The molecule has 3 heteroatoms. The number of hydrogen-bond acceptors (Lipinski definition) is 1. The predicted octanol–water partition coefficient (Wildman–Crippen LogP) is 5.13. The summed E-state index contributed by atoms with van der Waals surface area (Å²) < 4.78 is 6.90. The van der Waals surface area contributed by atoms with E-state index in [0.29, 0.717) is 5.92 Å². The molecular formula is C14H20Br2O. The Hall–Kier alpha value is 0.140. The van der Waals surface area contributed by atoms with Gasteiger partial charge in [-0.1, -0.05) is 44.0 Å². The van der Waals surface area contributed by atoms with E-state index < -0.39 is 0 Å². The van der Waals surface area contributed by atoms with Gasteiger partial charge in [-0.2, -0.15) is 0 Å². The molecule has 1 rings (SSSR count). The van der Waals surface area contributed by atoms with Crippen LogP contribution in [0, 0.1) is 0 Å². The Morgan fingerprint density at radius 3 is 2.24 bits per heavy atom. The van der Waals surface area contributed by atoms with E-state index in [2.05, 4.69) is 76.9 Å². The second-order valence-corrected chi connectivity index (χ2v) is 6.72. The zero-order valence-electron chi connectivity index (χ0n) is 10.7. The number of alkyl halides is 1. The van der Waals surface area contributed by atoms with Gasteiger partial charge in [0.1, 0.15) is 0 Å². The van der Waals surface area contributed by atoms with Gasteiger partial charge in [0.25, 0.3) is 0 Å². The van der Waals surface area contributed by atoms with Crippen molar-refractivity contribution in [3.8, 4) is 0 Å². The topological polar surface area (TPSA) is 9.23 Å². The average Bonchev–Trinajstić information content (AvgIpc) is 2.24. The van der Waals surface area contributed by atoms with Gasteiger partial charge in [0.05, 0.1) is 5.60 Å². The molecule has 0 saturated carbocycles. The summed E-state index contributed by atoms with van der Waals surface area (Å²) in [6.07, 6.45) is 1.05. The summed E-state index contributed by atoms with van der Waals surface area (Å²) in [5, 5.41) is 0.974. The van der Waals surface area contributed by atoms with Gasteiger partial charge in [0, 0.05) is 16.4 Å². The molecule has 0 spiro atoms. The highest BCUT2D eigenvalue weighted by Crippen LogP contribution is 2.24. The first-order valence-corrected chi connectivity index (χ1v) is 7.79. The Labute approximate surface area is 121 Å². The SMILES string of the molecule is CC(C)(C)OCCC(CBr)c1ccc(Br)cc1. The van der Waals surface area contributed by atoms with Crippen LogP contribution >= 0.6 is 31.9 Å². The minimum atomic E-state index is -0.0451. The molecule has 0 N–H and O–H groups in total. The standard InChI is InChI=1S/C14H20Br2O/c1-14(2,3)17-9-8-12(10-15)11-4-6-13(16)7-5-11/h4-7,12H,8-10H2,1-3H3. The predicted molar refractivity (Wildman–Crippen MR) is 81.0 cm³/mol. The average molecular weight is 364 g/mol. The smallest absolute Gasteiger partial charge is 0.0598 e. The maximum Gasteiger partial charge on any atom is 0.0598 e. The molecule has 1 atom stereocenters. The normalized spacial score (nSPS) is 13.7. The van der Waals surface area contributed by atoms with Gasteiger partial charge in [-0.3, -0.25) is 0 Å². The Morgan fingerprint density at radius 1 is 1.18 bits per heavy atom. The van der Waals surface area contributed by atoms with Gasteiger partial charge < -0.3 is 4.74 Å². The summed E-state index contributed by atoms with van der Waals surface area (Å²) in [6, 6.07) is 8.53. The maximum absolute atomic E-state index is 5.78. The van der Waals surface area contributed by atoms with Crippen LogP contribution in [0.5, 0.6) is 0 Å². The van der Waals surface area contributed by atoms with Crippen LogP contribution in [-0.2, 0) is 4.74 Å². The minimum absolute atomic E-state index is 0.0451. The number of halogens is 2. The Balaban J connectivity index is 2.51. The first-order chi connectivity index (χ1) is 7.92. The third-order valence-electron chi connectivity index (χ3n) is 2.53. The Morgan fingerprint density at radius 2 is 1.76 bits per heavy atom. The molecule has 1 aromatic carbocycles. The molecule has 0 saturated heterocycles. The zero-order valence-corrected chi connectivity index (χ0v) is 13.8. The number of ether oxygens (including phenoxy) is 1. The summed E-state index contributed by atoms with van der Waals surface area (Å²) in [6.45, 7) is 7.08. The van der Waals surface area contributed by atoms with Crippen molar-refractivity contribution in [2.45, 2.75) is 38.7 Å².